The number of carbonyl (C=O) groups excluding carboxylic acids is 2. The van der Waals surface area contributed by atoms with Gasteiger partial charge >= 0.3 is 0 Å². The Balaban J connectivity index is 2.03. The van der Waals surface area contributed by atoms with Crippen LogP contribution in [0.2, 0.25) is 0 Å². The molecule has 0 bridgehead atoms. The maximum absolute atomic E-state index is 12.9. The second kappa shape index (κ2) is 31.4. The van der Waals surface area contributed by atoms with Gasteiger partial charge in [-0.25, -0.2) is 0 Å². The molecule has 0 aliphatic carbocycles. The predicted molar refractivity (Wildman–Crippen MR) is 190 cm³/mol. The van der Waals surface area contributed by atoms with E-state index in [1.54, 1.807) is 12.3 Å². The third-order valence-electron chi connectivity index (χ3n) is 9.30. The highest BCUT2D eigenvalue weighted by molar-refractivity contribution is 6.07. The van der Waals surface area contributed by atoms with Gasteiger partial charge in [0.15, 0.2) is 11.6 Å². The SMILES string of the molecule is CCCCCCCCCCCCCCCCCC(=O)c1ccnnc1C(=O)CCCCCCCCCCCCCCCCC. The van der Waals surface area contributed by atoms with E-state index in [1.807, 2.05) is 0 Å². The molecule has 0 saturated carbocycles. The first-order valence-corrected chi connectivity index (χ1v) is 19.6. The van der Waals surface area contributed by atoms with E-state index in [9.17, 15) is 9.59 Å². The fourth-order valence-electron chi connectivity index (χ4n) is 6.33. The lowest BCUT2D eigenvalue weighted by atomic mass is 9.98. The predicted octanol–water partition coefficient (Wildman–Crippen LogP) is 13.4. The van der Waals surface area contributed by atoms with Crippen molar-refractivity contribution < 1.29 is 9.59 Å². The highest BCUT2D eigenvalue weighted by atomic mass is 16.1. The Bertz CT molecular complexity index is 728. The van der Waals surface area contributed by atoms with E-state index in [-0.39, 0.29) is 11.6 Å². The van der Waals surface area contributed by atoms with Gasteiger partial charge < -0.3 is 0 Å². The largest absolute Gasteiger partial charge is 0.294 e. The smallest absolute Gasteiger partial charge is 0.183 e. The summed E-state index contributed by atoms with van der Waals surface area (Å²) in [5.41, 5.74) is 0.778. The average molecular weight is 613 g/mol. The van der Waals surface area contributed by atoms with E-state index in [1.165, 1.54) is 167 Å². The monoisotopic (exact) mass is 613 g/mol. The lowest BCUT2D eigenvalue weighted by Crippen LogP contribution is -2.12. The summed E-state index contributed by atoms with van der Waals surface area (Å²) >= 11 is 0. The molecule has 0 aliphatic rings. The molecule has 0 aromatic carbocycles. The highest BCUT2D eigenvalue weighted by Crippen LogP contribution is 2.18. The number of hydrogen-bond donors (Lipinski definition) is 0. The zero-order valence-corrected chi connectivity index (χ0v) is 29.5. The van der Waals surface area contributed by atoms with E-state index in [2.05, 4.69) is 24.0 Å². The summed E-state index contributed by atoms with van der Waals surface area (Å²) in [6.45, 7) is 4.56. The Morgan fingerprint density at radius 3 is 1.07 bits per heavy atom. The Hall–Kier alpha value is -1.58. The van der Waals surface area contributed by atoms with Gasteiger partial charge in [0.25, 0.3) is 0 Å². The molecule has 0 saturated heterocycles. The first-order chi connectivity index (χ1) is 21.7. The van der Waals surface area contributed by atoms with Crippen molar-refractivity contribution in [2.24, 2.45) is 0 Å². The van der Waals surface area contributed by atoms with Crippen molar-refractivity contribution in [2.45, 2.75) is 219 Å². The zero-order chi connectivity index (χ0) is 31.8. The van der Waals surface area contributed by atoms with Crippen LogP contribution in [0.3, 0.4) is 0 Å². The maximum Gasteiger partial charge on any atom is 0.183 e. The summed E-state index contributed by atoms with van der Waals surface area (Å²) in [5, 5.41) is 8.01. The van der Waals surface area contributed by atoms with E-state index in [4.69, 9.17) is 0 Å². The molecule has 254 valence electrons. The van der Waals surface area contributed by atoms with Gasteiger partial charge in [0, 0.05) is 12.8 Å². The van der Waals surface area contributed by atoms with Crippen LogP contribution in [0.5, 0.6) is 0 Å². The standard InChI is InChI=1S/C40H72N2O2/c1-3-5-7-9-11-13-15-17-19-21-23-25-27-29-31-33-38(43)37-35-36-41-42-40(37)39(44)34-32-30-28-26-24-22-20-18-16-14-12-10-8-6-4-2/h35-36H,3-34H2,1-2H3. The molecule has 1 aromatic heterocycles. The number of carbonyl (C=O) groups is 2. The molecule has 1 aromatic rings. The third-order valence-corrected chi connectivity index (χ3v) is 9.30. The molecule has 0 spiro atoms. The molecule has 0 unspecified atom stereocenters. The molecular formula is C40H72N2O2. The maximum atomic E-state index is 12.9. The Morgan fingerprint density at radius 2 is 0.727 bits per heavy atom. The minimum Gasteiger partial charge on any atom is -0.294 e. The van der Waals surface area contributed by atoms with Gasteiger partial charge in [-0.2, -0.15) is 5.10 Å². The molecule has 4 nitrogen and oxygen atoms in total. The second-order valence-electron chi connectivity index (χ2n) is 13.5. The van der Waals surface area contributed by atoms with Crippen molar-refractivity contribution in [3.63, 3.8) is 0 Å². The van der Waals surface area contributed by atoms with Crippen LogP contribution in [0.15, 0.2) is 12.3 Å². The Kier molecular flexibility index (Phi) is 28.9. The van der Waals surface area contributed by atoms with Crippen LogP contribution in [0.25, 0.3) is 0 Å². The average Bonchev–Trinajstić information content (AvgIpc) is 3.04. The van der Waals surface area contributed by atoms with Crippen molar-refractivity contribution in [2.75, 3.05) is 0 Å². The van der Waals surface area contributed by atoms with Crippen LogP contribution in [0.4, 0.5) is 0 Å². The van der Waals surface area contributed by atoms with Crippen molar-refractivity contribution in [3.05, 3.63) is 23.5 Å². The van der Waals surface area contributed by atoms with Gasteiger partial charge in [-0.05, 0) is 18.9 Å². The van der Waals surface area contributed by atoms with Crippen LogP contribution < -0.4 is 0 Å². The van der Waals surface area contributed by atoms with Crippen molar-refractivity contribution in [1.82, 2.24) is 10.2 Å². The molecule has 0 atom stereocenters. The summed E-state index contributed by atoms with van der Waals surface area (Å²) in [4.78, 5) is 25.8. The normalized spacial score (nSPS) is 11.3. The quantitative estimate of drug-likeness (QED) is 0.0574. The summed E-state index contributed by atoms with van der Waals surface area (Å²) in [6, 6.07) is 1.69. The lowest BCUT2D eigenvalue weighted by molar-refractivity contribution is 0.0941. The number of rotatable bonds is 34. The molecule has 0 radical (unpaired) electrons. The first kappa shape index (κ1) is 40.4. The van der Waals surface area contributed by atoms with Gasteiger partial charge in [-0.1, -0.05) is 194 Å². The molecule has 4 heteroatoms. The minimum atomic E-state index is -0.0207. The van der Waals surface area contributed by atoms with Gasteiger partial charge in [0.1, 0.15) is 5.69 Å². The minimum absolute atomic E-state index is 0.0207. The fourth-order valence-corrected chi connectivity index (χ4v) is 6.33. The van der Waals surface area contributed by atoms with Crippen LogP contribution in [0, 0.1) is 0 Å². The van der Waals surface area contributed by atoms with Crippen molar-refractivity contribution in [1.29, 1.82) is 0 Å². The first-order valence-electron chi connectivity index (χ1n) is 19.6. The van der Waals surface area contributed by atoms with Crippen molar-refractivity contribution in [3.8, 4) is 0 Å². The molecule has 0 N–H and O–H groups in total. The molecule has 0 amide bonds. The van der Waals surface area contributed by atoms with E-state index >= 15 is 0 Å². The molecule has 0 aliphatic heterocycles. The van der Waals surface area contributed by atoms with Crippen LogP contribution >= 0.6 is 0 Å². The van der Waals surface area contributed by atoms with Gasteiger partial charge in [0.05, 0.1) is 11.8 Å². The van der Waals surface area contributed by atoms with Crippen LogP contribution in [-0.4, -0.2) is 21.8 Å². The summed E-state index contributed by atoms with van der Waals surface area (Å²) in [7, 11) is 0. The molecule has 0 fully saturated rings. The van der Waals surface area contributed by atoms with E-state index in [0.29, 0.717) is 24.1 Å². The van der Waals surface area contributed by atoms with Gasteiger partial charge in [-0.3, -0.25) is 9.59 Å². The summed E-state index contributed by atoms with van der Waals surface area (Å²) in [6.07, 6.45) is 41.8. The molecule has 1 rings (SSSR count). The molecular weight excluding hydrogens is 540 g/mol. The van der Waals surface area contributed by atoms with Crippen molar-refractivity contribution >= 4 is 11.6 Å². The number of hydrogen-bond acceptors (Lipinski definition) is 4. The number of ketones is 2. The van der Waals surface area contributed by atoms with E-state index < -0.39 is 0 Å². The summed E-state index contributed by atoms with van der Waals surface area (Å²) in [5.74, 6) is 0.0297. The second-order valence-corrected chi connectivity index (χ2v) is 13.5. The van der Waals surface area contributed by atoms with Gasteiger partial charge in [0.2, 0.25) is 0 Å². The number of unbranched alkanes of at least 4 members (excludes halogenated alkanes) is 28. The lowest BCUT2D eigenvalue weighted by Gasteiger charge is -2.07. The molecule has 44 heavy (non-hydrogen) atoms. The molecule has 1 heterocycles. The topological polar surface area (TPSA) is 59.9 Å². The number of nitrogens with zero attached hydrogens (tertiary/aromatic N) is 2. The highest BCUT2D eigenvalue weighted by Gasteiger charge is 2.18. The number of aromatic nitrogens is 2. The Morgan fingerprint density at radius 1 is 0.432 bits per heavy atom. The van der Waals surface area contributed by atoms with Gasteiger partial charge in [-0.15, -0.1) is 5.10 Å². The Labute approximate surface area is 273 Å². The van der Waals surface area contributed by atoms with Crippen LogP contribution in [0.1, 0.15) is 240 Å². The third kappa shape index (κ3) is 23.8. The summed E-state index contributed by atoms with van der Waals surface area (Å²) < 4.78 is 0. The fraction of sp³-hybridized carbons (Fsp3) is 0.850. The number of Topliss-reactive ketones (excluding diaryl/α,β-unsaturated/α-hetero) is 2. The van der Waals surface area contributed by atoms with Crippen LogP contribution in [-0.2, 0) is 0 Å². The van der Waals surface area contributed by atoms with E-state index in [0.717, 1.165) is 25.7 Å². The zero-order valence-electron chi connectivity index (χ0n) is 29.5.